The number of piperidine rings is 1. The van der Waals surface area contributed by atoms with Gasteiger partial charge in [-0.2, -0.15) is 0 Å². The molecule has 1 aliphatic rings. The van der Waals surface area contributed by atoms with Gasteiger partial charge >= 0.3 is 0 Å². The van der Waals surface area contributed by atoms with Gasteiger partial charge in [-0.25, -0.2) is 0 Å². The molecule has 0 aliphatic carbocycles. The normalized spacial score (nSPS) is 25.8. The molecule has 94 valence electrons. The fraction of sp³-hybridized carbons (Fsp3) is 0.917. The van der Waals surface area contributed by atoms with Crippen molar-refractivity contribution in [3.63, 3.8) is 0 Å². The van der Waals surface area contributed by atoms with E-state index in [4.69, 9.17) is 4.74 Å². The molecule has 0 aromatic carbocycles. The maximum absolute atomic E-state index is 12.0. The third kappa shape index (κ3) is 3.76. The van der Waals surface area contributed by atoms with E-state index in [2.05, 4.69) is 18.7 Å². The van der Waals surface area contributed by atoms with E-state index >= 15 is 0 Å². The largest absolute Gasteiger partial charge is 0.379 e. The molecule has 1 rings (SSSR count). The highest BCUT2D eigenvalue weighted by molar-refractivity contribution is 5.77. The molecule has 2 atom stereocenters. The Kier molecular flexibility index (Phi) is 5.77. The summed E-state index contributed by atoms with van der Waals surface area (Å²) in [6, 6.07) is 0.819. The van der Waals surface area contributed by atoms with E-state index in [1.165, 1.54) is 6.42 Å². The van der Waals surface area contributed by atoms with Crippen LogP contribution in [0.25, 0.3) is 0 Å². The summed E-state index contributed by atoms with van der Waals surface area (Å²) in [7, 11) is 1.68. The van der Waals surface area contributed by atoms with Gasteiger partial charge in [-0.1, -0.05) is 0 Å². The molecule has 0 radical (unpaired) electrons. The second kappa shape index (κ2) is 6.86. The van der Waals surface area contributed by atoms with Crippen molar-refractivity contribution in [1.29, 1.82) is 0 Å². The Balaban J connectivity index is 2.33. The lowest BCUT2D eigenvalue weighted by Crippen LogP contribution is -2.87. The van der Waals surface area contributed by atoms with Crippen LogP contribution in [-0.2, 0) is 9.53 Å². The molecule has 1 heterocycles. The standard InChI is InChI=1S/C12H24N2O2/c1-10-5-4-6-11(2)14(10)12(15)9-13-7-8-16-3/h10-11,13H,4-9H2,1-3H3/p+1/t10-,11-/m0/s1. The number of carbonyl (C=O) groups excluding carboxylic acids is 1. The van der Waals surface area contributed by atoms with E-state index in [-0.39, 0.29) is 5.91 Å². The number of ether oxygens (including phenoxy) is 1. The van der Waals surface area contributed by atoms with Gasteiger partial charge in [0, 0.05) is 19.2 Å². The lowest BCUT2D eigenvalue weighted by Gasteiger charge is -2.38. The highest BCUT2D eigenvalue weighted by Crippen LogP contribution is 2.21. The van der Waals surface area contributed by atoms with Gasteiger partial charge in [0.1, 0.15) is 0 Å². The van der Waals surface area contributed by atoms with E-state index in [1.54, 1.807) is 7.11 Å². The van der Waals surface area contributed by atoms with Gasteiger partial charge in [0.25, 0.3) is 5.91 Å². The third-order valence-corrected chi connectivity index (χ3v) is 3.33. The molecule has 1 fully saturated rings. The molecule has 0 saturated carbocycles. The zero-order valence-electron chi connectivity index (χ0n) is 10.7. The zero-order valence-corrected chi connectivity index (χ0v) is 10.7. The average molecular weight is 229 g/mol. The van der Waals surface area contributed by atoms with E-state index in [1.807, 2.05) is 5.32 Å². The number of quaternary nitrogens is 1. The third-order valence-electron chi connectivity index (χ3n) is 3.33. The first-order chi connectivity index (χ1) is 7.66. The molecule has 2 N–H and O–H groups in total. The first-order valence-corrected chi connectivity index (χ1v) is 6.28. The molecule has 0 bridgehead atoms. The minimum Gasteiger partial charge on any atom is -0.379 e. The number of nitrogens with zero attached hydrogens (tertiary/aromatic N) is 1. The molecule has 1 aliphatic heterocycles. The first kappa shape index (κ1) is 13.5. The Labute approximate surface area is 98.3 Å². The molecule has 1 saturated heterocycles. The Morgan fingerprint density at radius 2 is 2.00 bits per heavy atom. The monoisotopic (exact) mass is 229 g/mol. The quantitative estimate of drug-likeness (QED) is 0.674. The van der Waals surface area contributed by atoms with E-state index in [9.17, 15) is 4.79 Å². The predicted molar refractivity (Wildman–Crippen MR) is 63.2 cm³/mol. The molecule has 0 aromatic heterocycles. The van der Waals surface area contributed by atoms with Gasteiger partial charge in [-0.05, 0) is 33.1 Å². The molecule has 0 spiro atoms. The summed E-state index contributed by atoms with van der Waals surface area (Å²) >= 11 is 0. The maximum Gasteiger partial charge on any atom is 0.278 e. The molecule has 16 heavy (non-hydrogen) atoms. The van der Waals surface area contributed by atoms with Gasteiger partial charge < -0.3 is 15.0 Å². The van der Waals surface area contributed by atoms with Crippen LogP contribution in [0.5, 0.6) is 0 Å². The van der Waals surface area contributed by atoms with E-state index in [0.717, 1.165) is 19.4 Å². The fourth-order valence-corrected chi connectivity index (χ4v) is 2.45. The summed E-state index contributed by atoms with van der Waals surface area (Å²) in [6.45, 7) is 6.43. The first-order valence-electron chi connectivity index (χ1n) is 6.28. The Morgan fingerprint density at radius 1 is 1.38 bits per heavy atom. The molecule has 4 nitrogen and oxygen atoms in total. The van der Waals surface area contributed by atoms with Crippen LogP contribution in [0.2, 0.25) is 0 Å². The number of methoxy groups -OCH3 is 1. The van der Waals surface area contributed by atoms with Crippen molar-refractivity contribution in [3.05, 3.63) is 0 Å². The Morgan fingerprint density at radius 3 is 2.56 bits per heavy atom. The SMILES string of the molecule is COCC[NH2+]CC(=O)N1[C@@H](C)CCC[C@@H]1C. The smallest absolute Gasteiger partial charge is 0.278 e. The van der Waals surface area contributed by atoms with Crippen LogP contribution < -0.4 is 5.32 Å². The van der Waals surface area contributed by atoms with Crippen molar-refractivity contribution >= 4 is 5.91 Å². The van der Waals surface area contributed by atoms with Crippen molar-refractivity contribution < 1.29 is 14.8 Å². The summed E-state index contributed by atoms with van der Waals surface area (Å²) < 4.78 is 4.96. The number of rotatable bonds is 5. The molecule has 4 heteroatoms. The highest BCUT2D eigenvalue weighted by atomic mass is 16.5. The van der Waals surface area contributed by atoms with Gasteiger partial charge in [0.15, 0.2) is 6.54 Å². The number of hydrogen-bond acceptors (Lipinski definition) is 2. The van der Waals surface area contributed by atoms with Crippen molar-refractivity contribution in [2.24, 2.45) is 0 Å². The number of hydrogen-bond donors (Lipinski definition) is 1. The van der Waals surface area contributed by atoms with Crippen LogP contribution in [-0.4, -0.2) is 49.7 Å². The number of amides is 1. The topological polar surface area (TPSA) is 46.1 Å². The summed E-state index contributed by atoms with van der Waals surface area (Å²) in [5, 5.41) is 2.03. The summed E-state index contributed by atoms with van der Waals surface area (Å²) in [6.07, 6.45) is 3.54. The van der Waals surface area contributed by atoms with E-state index < -0.39 is 0 Å². The number of likely N-dealkylation sites (tertiary alicyclic amines) is 1. The molecular weight excluding hydrogens is 204 g/mol. The average Bonchev–Trinajstić information content (AvgIpc) is 2.24. The van der Waals surface area contributed by atoms with Crippen LogP contribution in [0.4, 0.5) is 0 Å². The van der Waals surface area contributed by atoms with Gasteiger partial charge in [-0.3, -0.25) is 4.79 Å². The van der Waals surface area contributed by atoms with Crippen molar-refractivity contribution in [2.75, 3.05) is 26.8 Å². The molecule has 1 amide bonds. The van der Waals surface area contributed by atoms with Crippen molar-refractivity contribution in [2.45, 2.75) is 45.2 Å². The van der Waals surface area contributed by atoms with Crippen LogP contribution in [0, 0.1) is 0 Å². The lowest BCUT2D eigenvalue weighted by molar-refractivity contribution is -0.646. The summed E-state index contributed by atoms with van der Waals surface area (Å²) in [5.74, 6) is 0.274. The lowest BCUT2D eigenvalue weighted by atomic mass is 9.97. The van der Waals surface area contributed by atoms with Crippen molar-refractivity contribution in [3.8, 4) is 0 Å². The second-order valence-corrected chi connectivity index (χ2v) is 4.70. The predicted octanol–water partition coefficient (Wildman–Crippen LogP) is -0.0143. The minimum atomic E-state index is 0.274. The fourth-order valence-electron chi connectivity index (χ4n) is 2.45. The molecular formula is C12H25N2O2+. The van der Waals surface area contributed by atoms with E-state index in [0.29, 0.717) is 25.2 Å². The second-order valence-electron chi connectivity index (χ2n) is 4.70. The van der Waals surface area contributed by atoms with Gasteiger partial charge in [0.2, 0.25) is 0 Å². The Hall–Kier alpha value is -0.610. The van der Waals surface area contributed by atoms with Crippen LogP contribution in [0.3, 0.4) is 0 Å². The molecule has 0 unspecified atom stereocenters. The molecule has 0 aromatic rings. The summed E-state index contributed by atoms with van der Waals surface area (Å²) in [4.78, 5) is 14.1. The Bertz CT molecular complexity index is 211. The maximum atomic E-state index is 12.0. The van der Waals surface area contributed by atoms with Crippen LogP contribution in [0.1, 0.15) is 33.1 Å². The van der Waals surface area contributed by atoms with Crippen LogP contribution >= 0.6 is 0 Å². The van der Waals surface area contributed by atoms with Crippen LogP contribution in [0.15, 0.2) is 0 Å². The number of carbonyl (C=O) groups is 1. The number of nitrogens with two attached hydrogens (primary N) is 1. The van der Waals surface area contributed by atoms with Gasteiger partial charge in [-0.15, -0.1) is 0 Å². The van der Waals surface area contributed by atoms with Crippen molar-refractivity contribution in [1.82, 2.24) is 4.90 Å². The van der Waals surface area contributed by atoms with Gasteiger partial charge in [0.05, 0.1) is 13.2 Å². The minimum absolute atomic E-state index is 0.274. The highest BCUT2D eigenvalue weighted by Gasteiger charge is 2.29. The zero-order chi connectivity index (χ0) is 12.0. The summed E-state index contributed by atoms with van der Waals surface area (Å²) in [5.41, 5.74) is 0.